The molecule has 4 rings (SSSR count). The molecule has 0 aliphatic rings. The van der Waals surface area contributed by atoms with Crippen LogP contribution in [0.5, 0.6) is 5.75 Å². The molecule has 0 radical (unpaired) electrons. The molecule has 2 aromatic carbocycles. The Morgan fingerprint density at radius 1 is 1.18 bits per heavy atom. The van der Waals surface area contributed by atoms with E-state index in [1.54, 1.807) is 11.6 Å². The van der Waals surface area contributed by atoms with Gasteiger partial charge in [0.05, 0.1) is 5.39 Å². The van der Waals surface area contributed by atoms with E-state index in [4.69, 9.17) is 5.73 Å². The molecule has 0 fully saturated rings. The molecule has 8 nitrogen and oxygen atoms in total. The highest BCUT2D eigenvalue weighted by Crippen LogP contribution is 2.40. The Labute approximate surface area is 189 Å². The predicted molar refractivity (Wildman–Crippen MR) is 115 cm³/mol. The summed E-state index contributed by atoms with van der Waals surface area (Å²) in [6, 6.07) is 8.33. The van der Waals surface area contributed by atoms with Gasteiger partial charge in [0.2, 0.25) is 0 Å². The van der Waals surface area contributed by atoms with Gasteiger partial charge in [0.25, 0.3) is 5.91 Å². The van der Waals surface area contributed by atoms with Crippen LogP contribution in [0.15, 0.2) is 55.0 Å². The normalized spacial score (nSPS) is 12.5. The molecule has 176 valence electrons. The van der Waals surface area contributed by atoms with E-state index in [-0.39, 0.29) is 28.2 Å². The van der Waals surface area contributed by atoms with E-state index < -0.39 is 29.9 Å². The van der Waals surface area contributed by atoms with E-state index >= 15 is 0 Å². The summed E-state index contributed by atoms with van der Waals surface area (Å²) in [7, 11) is 1.64. The summed E-state index contributed by atoms with van der Waals surface area (Å²) in [5, 5.41) is 12.8. The Morgan fingerprint density at radius 3 is 2.65 bits per heavy atom. The average molecular weight is 475 g/mol. The monoisotopic (exact) mass is 475 g/mol. The fourth-order valence-corrected chi connectivity index (χ4v) is 3.51. The van der Waals surface area contributed by atoms with E-state index in [0.29, 0.717) is 11.0 Å². The number of ether oxygens (including phenoxy) is 1. The first-order valence-corrected chi connectivity index (χ1v) is 9.73. The number of hydrogen-bond acceptors (Lipinski definition) is 6. The van der Waals surface area contributed by atoms with Crippen molar-refractivity contribution >= 4 is 28.4 Å². The molecular formula is C22H17F4N5O3. The van der Waals surface area contributed by atoms with Crippen molar-refractivity contribution in [3.63, 3.8) is 0 Å². The van der Waals surface area contributed by atoms with Gasteiger partial charge in [-0.25, -0.2) is 14.4 Å². The first-order valence-electron chi connectivity index (χ1n) is 9.73. The van der Waals surface area contributed by atoms with Crippen LogP contribution in [0, 0.1) is 5.82 Å². The number of hydrogen-bond donors (Lipinski definition) is 3. The molecule has 0 saturated carbocycles. The van der Waals surface area contributed by atoms with E-state index in [0.717, 1.165) is 18.2 Å². The van der Waals surface area contributed by atoms with Crippen molar-refractivity contribution in [2.75, 3.05) is 11.1 Å². The number of nitrogens with two attached hydrogens (primary N) is 1. The molecule has 1 unspecified atom stereocenters. The van der Waals surface area contributed by atoms with Crippen LogP contribution in [0.25, 0.3) is 22.2 Å². The Hall–Kier alpha value is -4.19. The average Bonchev–Trinajstić information content (AvgIpc) is 3.10. The van der Waals surface area contributed by atoms with Crippen molar-refractivity contribution in [2.24, 2.45) is 7.05 Å². The number of amides is 1. The number of benzene rings is 2. The maximum Gasteiger partial charge on any atom is 0.573 e. The minimum absolute atomic E-state index is 0.0212. The quantitative estimate of drug-likeness (QED) is 0.377. The number of alkyl halides is 3. The number of nitrogens with zero attached hydrogens (tertiary/aromatic N) is 3. The van der Waals surface area contributed by atoms with Gasteiger partial charge in [-0.15, -0.1) is 13.2 Å². The van der Waals surface area contributed by atoms with Gasteiger partial charge >= 0.3 is 6.36 Å². The Morgan fingerprint density at radius 2 is 1.94 bits per heavy atom. The molecule has 0 aliphatic carbocycles. The first-order chi connectivity index (χ1) is 16.0. The third kappa shape index (κ3) is 4.62. The number of aromatic nitrogens is 3. The highest BCUT2D eigenvalue weighted by atomic mass is 19.4. The lowest BCUT2D eigenvalue weighted by molar-refractivity contribution is -0.274. The fraction of sp³-hybridized carbons (Fsp3) is 0.136. The van der Waals surface area contributed by atoms with Crippen molar-refractivity contribution in [3.8, 4) is 16.9 Å². The van der Waals surface area contributed by atoms with Crippen molar-refractivity contribution in [1.29, 1.82) is 0 Å². The van der Waals surface area contributed by atoms with Gasteiger partial charge in [0.1, 0.15) is 29.4 Å². The number of nitrogen functional groups attached to an aromatic ring is 1. The fourth-order valence-electron chi connectivity index (χ4n) is 3.51. The lowest BCUT2D eigenvalue weighted by Gasteiger charge is -2.16. The number of anilines is 2. The van der Waals surface area contributed by atoms with Gasteiger partial charge in [0, 0.05) is 36.1 Å². The molecule has 0 bridgehead atoms. The second kappa shape index (κ2) is 8.63. The molecule has 34 heavy (non-hydrogen) atoms. The van der Waals surface area contributed by atoms with Crippen LogP contribution >= 0.6 is 0 Å². The van der Waals surface area contributed by atoms with E-state index in [2.05, 4.69) is 20.0 Å². The van der Waals surface area contributed by atoms with Crippen molar-refractivity contribution in [2.45, 2.75) is 12.5 Å². The first kappa shape index (κ1) is 23.0. The zero-order valence-corrected chi connectivity index (χ0v) is 17.5. The van der Waals surface area contributed by atoms with Gasteiger partial charge in [-0.3, -0.25) is 4.79 Å². The molecule has 0 saturated heterocycles. The molecule has 12 heteroatoms. The van der Waals surface area contributed by atoms with Crippen molar-refractivity contribution in [1.82, 2.24) is 14.5 Å². The van der Waals surface area contributed by atoms with E-state index in [1.165, 1.54) is 36.8 Å². The van der Waals surface area contributed by atoms with Crippen molar-refractivity contribution in [3.05, 3.63) is 66.4 Å². The standard InChI is InChI=1S/C22H17F4N5O3/c1-31-9-15(17-19(27)28-10-29-20(17)31)14-6-5-13(8-16(14)34-22(24,25)26)30-21(33)18(32)11-3-2-4-12(23)7-11/h2-10,18,32H,1H3,(H,30,33)(H2,27,28,29). The molecule has 2 heterocycles. The largest absolute Gasteiger partial charge is 0.573 e. The summed E-state index contributed by atoms with van der Waals surface area (Å²) in [6.07, 6.45) is -4.03. The number of carbonyl (C=O) groups is 1. The van der Waals surface area contributed by atoms with Crippen LogP contribution in [0.4, 0.5) is 29.1 Å². The summed E-state index contributed by atoms with van der Waals surface area (Å²) in [6.45, 7) is 0. The second-order valence-corrected chi connectivity index (χ2v) is 7.32. The number of aryl methyl sites for hydroxylation is 1. The lowest BCUT2D eigenvalue weighted by Crippen LogP contribution is -2.21. The van der Waals surface area contributed by atoms with Crippen LogP contribution in [0.2, 0.25) is 0 Å². The van der Waals surface area contributed by atoms with Crippen LogP contribution in [-0.2, 0) is 11.8 Å². The zero-order chi connectivity index (χ0) is 24.6. The molecule has 2 aromatic heterocycles. The second-order valence-electron chi connectivity index (χ2n) is 7.32. The summed E-state index contributed by atoms with van der Waals surface area (Å²) >= 11 is 0. The molecule has 0 spiro atoms. The maximum absolute atomic E-state index is 13.4. The number of halogens is 4. The number of rotatable bonds is 5. The van der Waals surface area contributed by atoms with Gasteiger partial charge in [-0.1, -0.05) is 12.1 Å². The van der Waals surface area contributed by atoms with Crippen LogP contribution < -0.4 is 15.8 Å². The lowest BCUT2D eigenvalue weighted by atomic mass is 10.0. The molecular weight excluding hydrogens is 458 g/mol. The number of fused-ring (bicyclic) bond motifs is 1. The number of carbonyl (C=O) groups excluding carboxylic acids is 1. The third-order valence-electron chi connectivity index (χ3n) is 4.96. The van der Waals surface area contributed by atoms with E-state index in [1.807, 2.05) is 0 Å². The Balaban J connectivity index is 1.73. The maximum atomic E-state index is 13.4. The highest BCUT2D eigenvalue weighted by molar-refractivity contribution is 6.02. The summed E-state index contributed by atoms with van der Waals surface area (Å²) in [5.74, 6) is -2.19. The molecule has 4 N–H and O–H groups in total. The topological polar surface area (TPSA) is 115 Å². The van der Waals surface area contributed by atoms with Crippen LogP contribution in [0.3, 0.4) is 0 Å². The minimum atomic E-state index is -5.04. The molecule has 4 aromatic rings. The van der Waals surface area contributed by atoms with Gasteiger partial charge < -0.3 is 25.5 Å². The summed E-state index contributed by atoms with van der Waals surface area (Å²) < 4.78 is 58.7. The number of nitrogens with one attached hydrogen (secondary N) is 1. The van der Waals surface area contributed by atoms with Crippen LogP contribution in [0.1, 0.15) is 11.7 Å². The van der Waals surface area contributed by atoms with E-state index in [9.17, 15) is 27.5 Å². The minimum Gasteiger partial charge on any atom is -0.405 e. The van der Waals surface area contributed by atoms with Gasteiger partial charge in [0.15, 0.2) is 6.10 Å². The van der Waals surface area contributed by atoms with Gasteiger partial charge in [-0.2, -0.15) is 0 Å². The van der Waals surface area contributed by atoms with Crippen molar-refractivity contribution < 1.29 is 32.2 Å². The summed E-state index contributed by atoms with van der Waals surface area (Å²) in [5.41, 5.74) is 6.54. The predicted octanol–water partition coefficient (Wildman–Crippen LogP) is 3.93. The molecule has 1 atom stereocenters. The SMILES string of the molecule is Cn1cc(-c2ccc(NC(=O)C(O)c3cccc(F)c3)cc2OC(F)(F)F)c2c(N)ncnc21. The Kier molecular flexibility index (Phi) is 5.83. The number of aliphatic hydroxyl groups excluding tert-OH is 1. The molecule has 1 amide bonds. The Bertz CT molecular complexity index is 1390. The summed E-state index contributed by atoms with van der Waals surface area (Å²) in [4.78, 5) is 20.4. The smallest absolute Gasteiger partial charge is 0.405 e. The third-order valence-corrected chi connectivity index (χ3v) is 4.96. The molecule has 0 aliphatic heterocycles. The van der Waals surface area contributed by atoms with Crippen LogP contribution in [-0.4, -0.2) is 31.9 Å². The van der Waals surface area contributed by atoms with Gasteiger partial charge in [-0.05, 0) is 29.8 Å². The number of aliphatic hydroxyl groups is 1. The highest BCUT2D eigenvalue weighted by Gasteiger charge is 2.33. The zero-order valence-electron chi connectivity index (χ0n) is 17.5.